The van der Waals surface area contributed by atoms with Crippen molar-refractivity contribution < 1.29 is 0 Å². The SMILES string of the molecule is C#Cc1ccc2[nH]c(=O)n(C(CC)CC)c2n1.C/C=C/c1ccc2[nH]c(=O)n(C(CC)CC)c2n1.C=C(C)c1ccc2[nH]c(=O)n(C(CC)CC)c2n1.C=Cc1ccc2[nH]c(=O)n(C(CC)CC)c2n1.CCC(CC)n1c(=O)[nH]c2ccc(Br)nc21.CCC(CC)n1c(=O)[nH]c2ccc(C#N)nc21.CCC(CC)n1c(=O)[nH]c2ccc(C(C)C)nc21.CCC(CC)n1c(=O)[nH]c2cccnc21. The lowest BCUT2D eigenvalue weighted by atomic mass is 10.1. The first-order chi connectivity index (χ1) is 65.4. The van der Waals surface area contributed by atoms with Gasteiger partial charge in [-0.15, -0.1) is 6.42 Å². The number of hydrogen-bond donors (Lipinski definition) is 8. The summed E-state index contributed by atoms with van der Waals surface area (Å²) in [7, 11) is 0. The molecule has 0 spiro atoms. The summed E-state index contributed by atoms with van der Waals surface area (Å²) in [4.78, 5) is 153. The van der Waals surface area contributed by atoms with Crippen molar-refractivity contribution in [1.82, 2.24) is 116 Å². The Kier molecular flexibility index (Phi) is 38.8. The number of halogens is 1. The molecule has 0 aliphatic rings. The van der Waals surface area contributed by atoms with Gasteiger partial charge < -0.3 is 39.9 Å². The summed E-state index contributed by atoms with van der Waals surface area (Å²) in [6.07, 6.45) is 27.3. The van der Waals surface area contributed by atoms with E-state index >= 15 is 0 Å². The van der Waals surface area contributed by atoms with E-state index < -0.39 is 0 Å². The van der Waals surface area contributed by atoms with Gasteiger partial charge in [-0.2, -0.15) is 5.26 Å². The number of aromatic amines is 8. The number of nitrogens with zero attached hydrogens (tertiary/aromatic N) is 17. The summed E-state index contributed by atoms with van der Waals surface area (Å²) in [5, 5.41) is 8.84. The summed E-state index contributed by atoms with van der Waals surface area (Å²) in [6.45, 7) is 48.9. The number of allylic oxidation sites excluding steroid dienone is 2. The van der Waals surface area contributed by atoms with Crippen LogP contribution in [0.1, 0.15) is 330 Å². The van der Waals surface area contributed by atoms with Gasteiger partial charge in [-0.3, -0.25) is 36.5 Å². The van der Waals surface area contributed by atoms with Crippen molar-refractivity contribution in [1.29, 1.82) is 5.26 Å². The van der Waals surface area contributed by atoms with Crippen LogP contribution in [0.2, 0.25) is 0 Å². The molecule has 0 unspecified atom stereocenters. The molecule has 16 aromatic rings. The number of pyridine rings is 8. The standard InChI is InChI=1S/C14H21N3O.2C14H19N3O.C13H17N3O.C13H15N3O.C12H14N4O.C11H14BrN3O.C11H15N3O/c2*1-5-10(6-2)17-13-12(16-14(17)18)8-7-11(15-13)9(3)4;1-4-7-10-8-9-12-13(15-10)17(14(18)16-12)11(5-2)6-3;2*1-4-9-7-8-11-12(14-9)16(13(17)15-11)10(5-2)6-3;1-3-9(4-2)16-11-10(15-12(16)17)6-5-8(7-13)14-11;1-3-7(4-2)15-10-8(13-11(15)16)5-6-9(12)14-10;1-3-8(4-2)14-10-9(13-11(14)15)6-5-7-12-10/h7-10H,5-6H2,1-4H3,(H,16,18);7-8,10H,3,5-6H2,1-2,4H3,(H,16,18);4,7-9,11H,5-6H2,1-3H3,(H,16,18);4,7-8,10H,1,5-6H2,2-3H3,(H,15,17);1,7-8,10H,5-6H2,2-3H3,(H,15,17);5-6,9H,3-4H2,1-2H3,(H,15,17);5-7H,3-4H2,1-2H3,(H,13,16);5-8H,3-4H2,1-2H3,(H,13,15)/b;;7-4+;;;;;. The van der Waals surface area contributed by atoms with E-state index in [1.807, 2.05) is 119 Å². The van der Waals surface area contributed by atoms with Gasteiger partial charge in [-0.05, 0) is 253 Å². The Morgan fingerprint density at radius 1 is 0.368 bits per heavy atom. The Morgan fingerprint density at radius 2 is 0.640 bits per heavy atom. The van der Waals surface area contributed by atoms with Crippen LogP contribution in [-0.4, -0.2) is 116 Å². The molecular formula is C102H134BrN25O8. The summed E-state index contributed by atoms with van der Waals surface area (Å²) in [5.74, 6) is 2.86. The topological polar surface area (TPSA) is 429 Å². The van der Waals surface area contributed by atoms with Crippen LogP contribution >= 0.6 is 15.9 Å². The van der Waals surface area contributed by atoms with E-state index in [0.717, 1.165) is 208 Å². The molecule has 0 aliphatic heterocycles. The molecule has 8 N–H and O–H groups in total. The van der Waals surface area contributed by atoms with E-state index in [4.69, 9.17) is 11.7 Å². The highest BCUT2D eigenvalue weighted by Crippen LogP contribution is 2.29. The van der Waals surface area contributed by atoms with Crippen LogP contribution in [0.15, 0.2) is 165 Å². The minimum atomic E-state index is -0.156. The van der Waals surface area contributed by atoms with E-state index in [9.17, 15) is 38.4 Å². The fourth-order valence-electron chi connectivity index (χ4n) is 17.0. The van der Waals surface area contributed by atoms with Gasteiger partial charge in [0.05, 0.1) is 61.2 Å². The molecule has 34 heteroatoms. The molecular weight excluding hydrogens is 1780 g/mol. The van der Waals surface area contributed by atoms with Crippen LogP contribution in [0, 0.1) is 23.7 Å². The van der Waals surface area contributed by atoms with Crippen molar-refractivity contribution in [2.24, 2.45) is 0 Å². The van der Waals surface area contributed by atoms with E-state index in [1.165, 1.54) is 0 Å². The first-order valence-electron chi connectivity index (χ1n) is 47.7. The van der Waals surface area contributed by atoms with Gasteiger partial charge >= 0.3 is 45.5 Å². The molecule has 0 bridgehead atoms. The summed E-state index contributed by atoms with van der Waals surface area (Å²) < 4.78 is 14.7. The minimum Gasteiger partial charge on any atom is -0.304 e. The quantitative estimate of drug-likeness (QED) is 0.0167. The molecule has 16 rings (SSSR count). The third-order valence-electron chi connectivity index (χ3n) is 24.8. The lowest BCUT2D eigenvalue weighted by Gasteiger charge is -2.14. The molecule has 722 valence electrons. The van der Waals surface area contributed by atoms with Gasteiger partial charge in [0.25, 0.3) is 0 Å². The van der Waals surface area contributed by atoms with Gasteiger partial charge in [0.2, 0.25) is 0 Å². The number of nitrogens with one attached hydrogen (secondary N) is 8. The average molecular weight is 1920 g/mol. The summed E-state index contributed by atoms with van der Waals surface area (Å²) >= 11 is 3.33. The van der Waals surface area contributed by atoms with Crippen LogP contribution in [0.4, 0.5) is 0 Å². The molecule has 0 amide bonds. The smallest absolute Gasteiger partial charge is 0.304 e. The normalized spacial score (nSPS) is 11.4. The van der Waals surface area contributed by atoms with Gasteiger partial charge in [-0.1, -0.05) is 150 Å². The van der Waals surface area contributed by atoms with Crippen molar-refractivity contribution in [2.75, 3.05) is 0 Å². The molecule has 0 saturated carbocycles. The predicted molar refractivity (Wildman–Crippen MR) is 554 cm³/mol. The van der Waals surface area contributed by atoms with Gasteiger partial charge in [0.1, 0.15) is 22.1 Å². The highest BCUT2D eigenvalue weighted by atomic mass is 79.9. The number of rotatable bonds is 28. The molecule has 0 fully saturated rings. The highest BCUT2D eigenvalue weighted by molar-refractivity contribution is 9.10. The van der Waals surface area contributed by atoms with Crippen LogP contribution in [0.3, 0.4) is 0 Å². The first-order valence-corrected chi connectivity index (χ1v) is 48.5. The Labute approximate surface area is 798 Å². The first kappa shape index (κ1) is 106. The van der Waals surface area contributed by atoms with Gasteiger partial charge in [-0.25, -0.2) is 78.2 Å². The summed E-state index contributed by atoms with van der Waals surface area (Å²) in [6, 6.07) is 33.1. The number of H-pyrrole nitrogens is 8. The van der Waals surface area contributed by atoms with E-state index in [-0.39, 0.29) is 93.9 Å². The molecule has 16 aromatic heterocycles. The maximum Gasteiger partial charge on any atom is 0.327 e. The maximum atomic E-state index is 12.0. The number of terminal acetylenes is 1. The van der Waals surface area contributed by atoms with Gasteiger partial charge in [0, 0.05) is 60.2 Å². The zero-order chi connectivity index (χ0) is 99.5. The second-order valence-electron chi connectivity index (χ2n) is 33.5. The Bertz CT molecular complexity index is 7240. The number of fused-ring (bicyclic) bond motifs is 8. The van der Waals surface area contributed by atoms with Gasteiger partial charge in [0.15, 0.2) is 45.2 Å². The van der Waals surface area contributed by atoms with E-state index in [0.29, 0.717) is 34.1 Å². The zero-order valence-corrected chi connectivity index (χ0v) is 83.9. The minimum absolute atomic E-state index is 0.0490. The number of hydrogen-bond acceptors (Lipinski definition) is 17. The van der Waals surface area contributed by atoms with Crippen LogP contribution in [0.5, 0.6) is 0 Å². The number of imidazole rings is 8. The Hall–Kier alpha value is -13.9. The van der Waals surface area contributed by atoms with Crippen LogP contribution < -0.4 is 45.5 Å². The molecule has 0 radical (unpaired) electrons. The van der Waals surface area contributed by atoms with Crippen molar-refractivity contribution in [2.45, 2.75) is 295 Å². The van der Waals surface area contributed by atoms with Crippen molar-refractivity contribution in [3.05, 3.63) is 245 Å². The molecule has 0 aromatic carbocycles. The highest BCUT2D eigenvalue weighted by Gasteiger charge is 2.24. The molecule has 0 aliphatic carbocycles. The Morgan fingerprint density at radius 3 is 0.963 bits per heavy atom. The van der Waals surface area contributed by atoms with E-state index in [1.54, 1.807) is 73.1 Å². The lowest BCUT2D eigenvalue weighted by molar-refractivity contribution is 0.468. The van der Waals surface area contributed by atoms with Crippen molar-refractivity contribution in [3.8, 4) is 18.4 Å². The van der Waals surface area contributed by atoms with E-state index in [2.05, 4.69) is 226 Å². The number of aromatic nitrogens is 24. The van der Waals surface area contributed by atoms with Crippen LogP contribution in [0.25, 0.3) is 107 Å². The lowest BCUT2D eigenvalue weighted by Crippen LogP contribution is -2.21. The maximum absolute atomic E-state index is 12.0. The largest absolute Gasteiger partial charge is 0.327 e. The average Bonchev–Trinajstić information content (AvgIpc) is 1.62. The second kappa shape index (κ2) is 49.9. The third-order valence-corrected chi connectivity index (χ3v) is 25.2. The third kappa shape index (κ3) is 24.2. The Balaban J connectivity index is 0.000000174. The molecule has 0 saturated heterocycles. The predicted octanol–water partition coefficient (Wildman–Crippen LogP) is 21.1. The second-order valence-corrected chi connectivity index (χ2v) is 34.3. The van der Waals surface area contributed by atoms with Crippen LogP contribution in [-0.2, 0) is 0 Å². The fraction of sp³-hybridized carbons (Fsp3) is 0.441. The summed E-state index contributed by atoms with van der Waals surface area (Å²) in [5.41, 5.74) is 16.6. The molecule has 136 heavy (non-hydrogen) atoms. The molecule has 33 nitrogen and oxygen atoms in total. The molecule has 16 heterocycles. The zero-order valence-electron chi connectivity index (χ0n) is 82.3. The monoisotopic (exact) mass is 1920 g/mol. The molecule has 0 atom stereocenters. The van der Waals surface area contributed by atoms with Crippen molar-refractivity contribution >= 4 is 123 Å². The number of nitriles is 1. The van der Waals surface area contributed by atoms with Crippen molar-refractivity contribution in [3.63, 3.8) is 0 Å². The fourth-order valence-corrected chi connectivity index (χ4v) is 17.3.